The molecule has 7 nitrogen and oxygen atoms in total. The van der Waals surface area contributed by atoms with Crippen LogP contribution in [-0.2, 0) is 11.3 Å². The molecule has 1 saturated heterocycles. The summed E-state index contributed by atoms with van der Waals surface area (Å²) >= 11 is 6.02. The Morgan fingerprint density at radius 1 is 1.20 bits per heavy atom. The number of carbonyl (C=O) groups is 1. The van der Waals surface area contributed by atoms with E-state index < -0.39 is 4.92 Å². The van der Waals surface area contributed by atoms with E-state index in [0.717, 1.165) is 5.56 Å². The van der Waals surface area contributed by atoms with Crippen molar-refractivity contribution in [1.82, 2.24) is 9.80 Å². The van der Waals surface area contributed by atoms with Gasteiger partial charge in [-0.2, -0.15) is 0 Å². The van der Waals surface area contributed by atoms with Gasteiger partial charge in [-0.05, 0) is 37.6 Å². The summed E-state index contributed by atoms with van der Waals surface area (Å²) in [6, 6.07) is 10.4. The second-order valence-electron chi connectivity index (χ2n) is 7.46. The fourth-order valence-corrected chi connectivity index (χ4v) is 3.76. The SMILES string of the molecule is CC1CN(C(=O)COc2ccc([N+](=O)[O-])cc2Cl)C(C)CN1Cc1ccc(F)cc1. The van der Waals surface area contributed by atoms with Crippen LogP contribution in [0.1, 0.15) is 19.4 Å². The normalized spacial score (nSPS) is 19.5. The van der Waals surface area contributed by atoms with Gasteiger partial charge in [0.25, 0.3) is 11.6 Å². The Labute approximate surface area is 179 Å². The first-order valence-electron chi connectivity index (χ1n) is 9.59. The van der Waals surface area contributed by atoms with Gasteiger partial charge in [0.1, 0.15) is 11.6 Å². The van der Waals surface area contributed by atoms with Crippen molar-refractivity contribution in [2.75, 3.05) is 19.7 Å². The Bertz CT molecular complexity index is 925. The van der Waals surface area contributed by atoms with E-state index in [1.165, 1.54) is 30.3 Å². The van der Waals surface area contributed by atoms with Gasteiger partial charge in [0.2, 0.25) is 0 Å². The van der Waals surface area contributed by atoms with E-state index in [9.17, 15) is 19.3 Å². The van der Waals surface area contributed by atoms with Crippen LogP contribution in [0.2, 0.25) is 5.02 Å². The van der Waals surface area contributed by atoms with Crippen LogP contribution in [-0.4, -0.2) is 52.4 Å². The number of rotatable bonds is 6. The molecule has 1 fully saturated rings. The first-order chi connectivity index (χ1) is 14.2. The summed E-state index contributed by atoms with van der Waals surface area (Å²) < 4.78 is 18.6. The lowest BCUT2D eigenvalue weighted by Crippen LogP contribution is -2.58. The summed E-state index contributed by atoms with van der Waals surface area (Å²) in [5.41, 5.74) is 0.879. The van der Waals surface area contributed by atoms with Crippen LogP contribution < -0.4 is 4.74 Å². The molecule has 0 radical (unpaired) electrons. The summed E-state index contributed by atoms with van der Waals surface area (Å²) in [5.74, 6) is -0.208. The molecular formula is C21H23ClFN3O4. The van der Waals surface area contributed by atoms with Gasteiger partial charge in [-0.3, -0.25) is 19.8 Å². The number of nitrogens with zero attached hydrogens (tertiary/aromatic N) is 3. The van der Waals surface area contributed by atoms with E-state index in [-0.39, 0.29) is 46.9 Å². The molecule has 0 aromatic heterocycles. The van der Waals surface area contributed by atoms with E-state index in [0.29, 0.717) is 19.6 Å². The highest BCUT2D eigenvalue weighted by Gasteiger charge is 2.32. The van der Waals surface area contributed by atoms with Crippen LogP contribution in [0.5, 0.6) is 5.75 Å². The molecule has 0 bridgehead atoms. The van der Waals surface area contributed by atoms with Crippen LogP contribution in [0.4, 0.5) is 10.1 Å². The van der Waals surface area contributed by atoms with Gasteiger partial charge >= 0.3 is 0 Å². The molecule has 2 aromatic rings. The lowest BCUT2D eigenvalue weighted by molar-refractivity contribution is -0.384. The first kappa shape index (κ1) is 22.0. The molecule has 2 unspecified atom stereocenters. The van der Waals surface area contributed by atoms with Crippen molar-refractivity contribution in [2.24, 2.45) is 0 Å². The van der Waals surface area contributed by atoms with Gasteiger partial charge in [-0.15, -0.1) is 0 Å². The number of non-ortho nitro benzene ring substituents is 1. The summed E-state index contributed by atoms with van der Waals surface area (Å²) in [6.45, 7) is 5.72. The van der Waals surface area contributed by atoms with Crippen molar-refractivity contribution >= 4 is 23.2 Å². The Morgan fingerprint density at radius 2 is 1.90 bits per heavy atom. The standard InChI is InChI=1S/C21H23ClFN3O4/c1-14-11-25(15(2)10-24(14)12-16-3-5-17(23)6-4-16)21(27)13-30-20-8-7-18(26(28)29)9-19(20)22/h3-9,14-15H,10-13H2,1-2H3. The molecule has 3 rings (SSSR count). The second-order valence-corrected chi connectivity index (χ2v) is 7.87. The van der Waals surface area contributed by atoms with Gasteiger partial charge < -0.3 is 9.64 Å². The molecule has 160 valence electrons. The number of benzene rings is 2. The van der Waals surface area contributed by atoms with Crippen LogP contribution >= 0.6 is 11.6 Å². The number of nitro benzene ring substituents is 1. The molecule has 1 amide bonds. The van der Waals surface area contributed by atoms with Crippen molar-refractivity contribution < 1.29 is 18.8 Å². The van der Waals surface area contributed by atoms with E-state index in [2.05, 4.69) is 4.90 Å². The van der Waals surface area contributed by atoms with E-state index in [1.54, 1.807) is 17.0 Å². The van der Waals surface area contributed by atoms with Crippen molar-refractivity contribution in [2.45, 2.75) is 32.5 Å². The smallest absolute Gasteiger partial charge is 0.271 e. The largest absolute Gasteiger partial charge is 0.482 e. The Hall–Kier alpha value is -2.71. The number of halogens is 2. The molecule has 2 atom stereocenters. The van der Waals surface area contributed by atoms with Gasteiger partial charge in [0.05, 0.1) is 9.95 Å². The zero-order valence-corrected chi connectivity index (χ0v) is 17.5. The van der Waals surface area contributed by atoms with Crippen molar-refractivity contribution in [1.29, 1.82) is 0 Å². The summed E-state index contributed by atoms with van der Waals surface area (Å²) in [7, 11) is 0. The van der Waals surface area contributed by atoms with Crippen LogP contribution in [0.15, 0.2) is 42.5 Å². The molecule has 9 heteroatoms. The fraction of sp³-hybridized carbons (Fsp3) is 0.381. The molecule has 1 aliphatic rings. The third-order valence-electron chi connectivity index (χ3n) is 5.21. The summed E-state index contributed by atoms with van der Waals surface area (Å²) in [4.78, 5) is 27.0. The van der Waals surface area contributed by atoms with Crippen molar-refractivity contribution in [3.05, 3.63) is 69.0 Å². The summed E-state index contributed by atoms with van der Waals surface area (Å²) in [5, 5.41) is 10.9. The lowest BCUT2D eigenvalue weighted by atomic mass is 10.1. The number of ether oxygens (including phenoxy) is 1. The predicted octanol–water partition coefficient (Wildman–Crippen LogP) is 3.89. The zero-order chi connectivity index (χ0) is 21.8. The Morgan fingerprint density at radius 3 is 2.53 bits per heavy atom. The highest BCUT2D eigenvalue weighted by atomic mass is 35.5. The minimum Gasteiger partial charge on any atom is -0.482 e. The third kappa shape index (κ3) is 5.25. The van der Waals surface area contributed by atoms with Crippen LogP contribution in [0, 0.1) is 15.9 Å². The number of nitro groups is 1. The van der Waals surface area contributed by atoms with E-state index >= 15 is 0 Å². The van der Waals surface area contributed by atoms with Gasteiger partial charge in [-0.25, -0.2) is 4.39 Å². The average molecular weight is 436 g/mol. The van der Waals surface area contributed by atoms with Crippen molar-refractivity contribution in [3.63, 3.8) is 0 Å². The number of hydrogen-bond donors (Lipinski definition) is 0. The van der Waals surface area contributed by atoms with Crippen molar-refractivity contribution in [3.8, 4) is 5.75 Å². The quantitative estimate of drug-likeness (QED) is 0.508. The molecular weight excluding hydrogens is 413 g/mol. The molecule has 0 spiro atoms. The van der Waals surface area contributed by atoms with Gasteiger partial charge in [-0.1, -0.05) is 23.7 Å². The first-order valence-corrected chi connectivity index (χ1v) is 9.97. The topological polar surface area (TPSA) is 75.9 Å². The zero-order valence-electron chi connectivity index (χ0n) is 16.8. The average Bonchev–Trinajstić information content (AvgIpc) is 2.70. The molecule has 0 saturated carbocycles. The molecule has 30 heavy (non-hydrogen) atoms. The molecule has 1 heterocycles. The number of piperazine rings is 1. The fourth-order valence-electron chi connectivity index (χ4n) is 3.53. The molecule has 1 aliphatic heterocycles. The molecule has 2 aromatic carbocycles. The third-order valence-corrected chi connectivity index (χ3v) is 5.51. The minimum atomic E-state index is -0.546. The minimum absolute atomic E-state index is 0.0231. The molecule has 0 N–H and O–H groups in total. The number of hydrogen-bond acceptors (Lipinski definition) is 5. The Balaban J connectivity index is 1.57. The maximum atomic E-state index is 13.1. The number of carbonyl (C=O) groups excluding carboxylic acids is 1. The summed E-state index contributed by atoms with van der Waals surface area (Å²) in [6.07, 6.45) is 0. The Kier molecular flexibility index (Phi) is 6.89. The number of amides is 1. The maximum absolute atomic E-state index is 13.1. The van der Waals surface area contributed by atoms with E-state index in [4.69, 9.17) is 16.3 Å². The monoisotopic (exact) mass is 435 g/mol. The van der Waals surface area contributed by atoms with Gasteiger partial charge in [0, 0.05) is 43.9 Å². The predicted molar refractivity (Wildman–Crippen MR) is 111 cm³/mol. The highest BCUT2D eigenvalue weighted by Crippen LogP contribution is 2.29. The van der Waals surface area contributed by atoms with Crippen LogP contribution in [0.3, 0.4) is 0 Å². The molecule has 0 aliphatic carbocycles. The van der Waals surface area contributed by atoms with Gasteiger partial charge in [0.15, 0.2) is 6.61 Å². The lowest BCUT2D eigenvalue weighted by Gasteiger charge is -2.44. The second kappa shape index (κ2) is 9.40. The van der Waals surface area contributed by atoms with Crippen LogP contribution in [0.25, 0.3) is 0 Å². The maximum Gasteiger partial charge on any atom is 0.271 e. The highest BCUT2D eigenvalue weighted by molar-refractivity contribution is 6.32. The van der Waals surface area contributed by atoms with E-state index in [1.807, 2.05) is 13.8 Å².